The molecule has 0 unspecified atom stereocenters. The van der Waals surface area contributed by atoms with Gasteiger partial charge >= 0.3 is 5.97 Å². The SMILES string of the molecule is CCOC(=O)CCC=Cc1c(OCC)cccc1[C@@H](C)OC[C@H](O)CNC(C)(C)CC1Cc2ccccc2C1. The number of esters is 1. The summed E-state index contributed by atoms with van der Waals surface area (Å²) < 4.78 is 17.0. The number of benzene rings is 2. The van der Waals surface area contributed by atoms with Crippen LogP contribution in [0.3, 0.4) is 0 Å². The molecule has 0 radical (unpaired) electrons. The third-order valence-electron chi connectivity index (χ3n) is 7.23. The van der Waals surface area contributed by atoms with Crippen molar-refractivity contribution in [1.29, 1.82) is 0 Å². The third-order valence-corrected chi connectivity index (χ3v) is 7.23. The van der Waals surface area contributed by atoms with Crippen LogP contribution in [-0.2, 0) is 27.1 Å². The Kier molecular flexibility index (Phi) is 12.0. The quantitative estimate of drug-likeness (QED) is 0.254. The maximum absolute atomic E-state index is 11.7. The van der Waals surface area contributed by atoms with Gasteiger partial charge in [-0.1, -0.05) is 48.6 Å². The van der Waals surface area contributed by atoms with E-state index in [1.165, 1.54) is 11.1 Å². The van der Waals surface area contributed by atoms with Crippen molar-refractivity contribution in [3.8, 4) is 5.75 Å². The van der Waals surface area contributed by atoms with Crippen molar-refractivity contribution in [2.75, 3.05) is 26.4 Å². The molecule has 6 nitrogen and oxygen atoms in total. The van der Waals surface area contributed by atoms with E-state index in [1.807, 2.05) is 51.1 Å². The summed E-state index contributed by atoms with van der Waals surface area (Å²) in [5.41, 5.74) is 4.79. The summed E-state index contributed by atoms with van der Waals surface area (Å²) in [6, 6.07) is 14.7. The molecule has 6 heteroatoms. The van der Waals surface area contributed by atoms with Crippen molar-refractivity contribution in [2.45, 2.75) is 84.5 Å². The summed E-state index contributed by atoms with van der Waals surface area (Å²) in [4.78, 5) is 11.7. The predicted molar refractivity (Wildman–Crippen MR) is 157 cm³/mol. The van der Waals surface area contributed by atoms with Crippen LogP contribution in [0.2, 0.25) is 0 Å². The summed E-state index contributed by atoms with van der Waals surface area (Å²) in [7, 11) is 0. The number of rotatable bonds is 16. The summed E-state index contributed by atoms with van der Waals surface area (Å²) in [5.74, 6) is 1.20. The topological polar surface area (TPSA) is 77.0 Å². The Hall–Kier alpha value is -2.67. The Balaban J connectivity index is 1.51. The number of aliphatic hydroxyl groups is 1. The fraction of sp³-hybridized carbons (Fsp3) is 0.545. The first kappa shape index (κ1) is 30.9. The van der Waals surface area contributed by atoms with Gasteiger partial charge in [-0.15, -0.1) is 0 Å². The average molecular weight is 538 g/mol. The molecule has 2 aromatic rings. The lowest BCUT2D eigenvalue weighted by Gasteiger charge is -2.31. The van der Waals surface area contributed by atoms with E-state index in [4.69, 9.17) is 14.2 Å². The van der Waals surface area contributed by atoms with Gasteiger partial charge in [-0.2, -0.15) is 0 Å². The van der Waals surface area contributed by atoms with Gasteiger partial charge in [-0.05, 0) is 89.0 Å². The summed E-state index contributed by atoms with van der Waals surface area (Å²) in [5, 5.41) is 14.3. The lowest BCUT2D eigenvalue weighted by Crippen LogP contribution is -2.45. The molecule has 0 bridgehead atoms. The molecule has 3 rings (SSSR count). The molecule has 2 N–H and O–H groups in total. The van der Waals surface area contributed by atoms with Crippen LogP contribution in [0, 0.1) is 5.92 Å². The molecular weight excluding hydrogens is 490 g/mol. The second-order valence-corrected chi connectivity index (χ2v) is 11.1. The average Bonchev–Trinajstić information content (AvgIpc) is 3.31. The maximum Gasteiger partial charge on any atom is 0.306 e. The molecule has 0 amide bonds. The van der Waals surface area contributed by atoms with Gasteiger partial charge in [-0.25, -0.2) is 0 Å². The van der Waals surface area contributed by atoms with E-state index in [9.17, 15) is 9.90 Å². The first-order valence-electron chi connectivity index (χ1n) is 14.4. The zero-order chi connectivity index (χ0) is 28.3. The van der Waals surface area contributed by atoms with Gasteiger partial charge in [0.2, 0.25) is 0 Å². The van der Waals surface area contributed by atoms with Gasteiger partial charge in [0.25, 0.3) is 0 Å². The van der Waals surface area contributed by atoms with E-state index < -0.39 is 6.10 Å². The molecule has 2 aromatic carbocycles. The molecule has 2 atom stereocenters. The van der Waals surface area contributed by atoms with Gasteiger partial charge < -0.3 is 24.6 Å². The highest BCUT2D eigenvalue weighted by molar-refractivity contribution is 5.70. The van der Waals surface area contributed by atoms with Gasteiger partial charge in [0.1, 0.15) is 5.75 Å². The molecule has 214 valence electrons. The Labute approximate surface area is 234 Å². The molecule has 0 aliphatic heterocycles. The fourth-order valence-corrected chi connectivity index (χ4v) is 5.40. The maximum atomic E-state index is 11.7. The van der Waals surface area contributed by atoms with E-state index in [1.54, 1.807) is 0 Å². The summed E-state index contributed by atoms with van der Waals surface area (Å²) in [6.45, 7) is 11.8. The predicted octanol–water partition coefficient (Wildman–Crippen LogP) is 6.05. The molecule has 39 heavy (non-hydrogen) atoms. The number of hydrogen-bond donors (Lipinski definition) is 2. The number of carbonyl (C=O) groups is 1. The van der Waals surface area contributed by atoms with Gasteiger partial charge in [-0.3, -0.25) is 4.79 Å². The van der Waals surface area contributed by atoms with Gasteiger partial charge in [0.15, 0.2) is 0 Å². The monoisotopic (exact) mass is 537 g/mol. The van der Waals surface area contributed by atoms with Crippen LogP contribution in [0.25, 0.3) is 6.08 Å². The standard InChI is InChI=1S/C33H47NO5/c1-6-37-31-17-12-16-29(30(31)15-10-11-18-32(36)38-7-2)24(3)39-23-28(35)22-34-33(4,5)21-25-19-26-13-8-9-14-27(26)20-25/h8-10,12-17,24-25,28,34-35H,6-7,11,18-23H2,1-5H3/t24-,28-/m1/s1. The second-order valence-electron chi connectivity index (χ2n) is 11.1. The van der Waals surface area contributed by atoms with Crippen LogP contribution in [0.1, 0.15) is 82.2 Å². The van der Waals surface area contributed by atoms with E-state index in [0.29, 0.717) is 38.5 Å². The molecule has 1 aliphatic carbocycles. The van der Waals surface area contributed by atoms with Crippen LogP contribution in [0.4, 0.5) is 0 Å². The van der Waals surface area contributed by atoms with Crippen LogP contribution >= 0.6 is 0 Å². The van der Waals surface area contributed by atoms with Gasteiger partial charge in [0, 0.05) is 24.1 Å². The van der Waals surface area contributed by atoms with Crippen molar-refractivity contribution in [2.24, 2.45) is 5.92 Å². The lowest BCUT2D eigenvalue weighted by molar-refractivity contribution is -0.143. The van der Waals surface area contributed by atoms with Crippen molar-refractivity contribution in [3.63, 3.8) is 0 Å². The first-order valence-corrected chi connectivity index (χ1v) is 14.4. The lowest BCUT2D eigenvalue weighted by atomic mass is 9.88. The molecule has 0 saturated carbocycles. The molecular formula is C33H47NO5. The Morgan fingerprint density at radius 3 is 2.49 bits per heavy atom. The second kappa shape index (κ2) is 15.2. The number of ether oxygens (including phenoxy) is 3. The Bertz CT molecular complexity index is 1050. The molecule has 0 saturated heterocycles. The fourth-order valence-electron chi connectivity index (χ4n) is 5.40. The summed E-state index contributed by atoms with van der Waals surface area (Å²) in [6.07, 6.45) is 7.33. The van der Waals surface area contributed by atoms with Crippen LogP contribution in [-0.4, -0.2) is 49.1 Å². The smallest absolute Gasteiger partial charge is 0.306 e. The number of hydrogen-bond acceptors (Lipinski definition) is 6. The van der Waals surface area contributed by atoms with E-state index in [-0.39, 0.29) is 24.2 Å². The normalized spacial score (nSPS) is 15.3. The number of nitrogens with one attached hydrogen (secondary N) is 1. The highest BCUT2D eigenvalue weighted by Gasteiger charge is 2.28. The summed E-state index contributed by atoms with van der Waals surface area (Å²) >= 11 is 0. The number of β-amino-alcohol motifs (C(OH)–C–C–N with tert-alkyl or cyclic N) is 1. The Morgan fingerprint density at radius 2 is 1.82 bits per heavy atom. The molecule has 0 heterocycles. The van der Waals surface area contributed by atoms with Crippen molar-refractivity contribution >= 4 is 12.0 Å². The minimum absolute atomic E-state index is 0.0767. The molecule has 0 aromatic heterocycles. The highest BCUT2D eigenvalue weighted by Crippen LogP contribution is 2.32. The zero-order valence-electron chi connectivity index (χ0n) is 24.4. The van der Waals surface area contributed by atoms with Crippen LogP contribution in [0.15, 0.2) is 48.5 Å². The largest absolute Gasteiger partial charge is 0.493 e. The van der Waals surface area contributed by atoms with Crippen molar-refractivity contribution < 1.29 is 24.1 Å². The first-order chi connectivity index (χ1) is 18.7. The minimum Gasteiger partial charge on any atom is -0.493 e. The molecule has 1 aliphatic rings. The van der Waals surface area contributed by atoms with E-state index in [2.05, 4.69) is 43.4 Å². The number of aliphatic hydroxyl groups excluding tert-OH is 1. The number of fused-ring (bicyclic) bond motifs is 1. The number of carbonyl (C=O) groups excluding carboxylic acids is 1. The Morgan fingerprint density at radius 1 is 1.10 bits per heavy atom. The van der Waals surface area contributed by atoms with Crippen molar-refractivity contribution in [1.82, 2.24) is 5.32 Å². The third kappa shape index (κ3) is 9.79. The van der Waals surface area contributed by atoms with Crippen LogP contribution < -0.4 is 10.1 Å². The zero-order valence-corrected chi connectivity index (χ0v) is 24.4. The van der Waals surface area contributed by atoms with E-state index in [0.717, 1.165) is 36.1 Å². The molecule has 0 spiro atoms. The molecule has 0 fully saturated rings. The minimum atomic E-state index is -0.619. The van der Waals surface area contributed by atoms with Crippen LogP contribution in [0.5, 0.6) is 5.75 Å². The van der Waals surface area contributed by atoms with Gasteiger partial charge in [0.05, 0.1) is 32.0 Å². The van der Waals surface area contributed by atoms with Crippen molar-refractivity contribution in [3.05, 3.63) is 70.8 Å². The van der Waals surface area contributed by atoms with E-state index >= 15 is 0 Å². The number of allylic oxidation sites excluding steroid dienone is 1. The highest BCUT2D eigenvalue weighted by atomic mass is 16.5.